The fourth-order valence-electron chi connectivity index (χ4n) is 4.44. The number of ether oxygens (including phenoxy) is 2. The molecule has 30 heavy (non-hydrogen) atoms. The molecule has 0 bridgehead atoms. The molecule has 0 radical (unpaired) electrons. The molecule has 7 nitrogen and oxygen atoms in total. The van der Waals surface area contributed by atoms with Crippen LogP contribution in [0.5, 0.6) is 0 Å². The highest BCUT2D eigenvalue weighted by Crippen LogP contribution is 2.22. The molecule has 3 aliphatic heterocycles. The van der Waals surface area contributed by atoms with E-state index in [-0.39, 0.29) is 36.2 Å². The van der Waals surface area contributed by atoms with Gasteiger partial charge in [0.2, 0.25) is 0 Å². The van der Waals surface area contributed by atoms with Gasteiger partial charge < -0.3 is 24.6 Å². The lowest BCUT2D eigenvalue weighted by atomic mass is 10.1. The number of hydrogen-bond donors (Lipinski definition) is 1. The van der Waals surface area contributed by atoms with Gasteiger partial charge in [-0.15, -0.1) is 24.0 Å². The number of nitrogens with zero attached hydrogens (tertiary/aromatic N) is 4. The summed E-state index contributed by atoms with van der Waals surface area (Å²) in [6, 6.07) is 4.28. The maximum absolute atomic E-state index is 6.00. The minimum Gasteiger partial charge on any atom is -0.375 e. The Bertz CT molecular complexity index is 677. The summed E-state index contributed by atoms with van der Waals surface area (Å²) in [4.78, 5) is 14.3. The Morgan fingerprint density at radius 2 is 1.97 bits per heavy atom. The third-order valence-electron chi connectivity index (χ3n) is 6.01. The van der Waals surface area contributed by atoms with Gasteiger partial charge in [-0.3, -0.25) is 0 Å². The summed E-state index contributed by atoms with van der Waals surface area (Å²) >= 11 is 0. The molecule has 0 saturated carbocycles. The minimum absolute atomic E-state index is 0. The molecule has 0 spiro atoms. The Morgan fingerprint density at radius 1 is 1.13 bits per heavy atom. The van der Waals surface area contributed by atoms with Crippen molar-refractivity contribution in [2.45, 2.75) is 57.8 Å². The summed E-state index contributed by atoms with van der Waals surface area (Å²) in [6.45, 7) is 9.15. The highest BCUT2D eigenvalue weighted by Gasteiger charge is 2.32. The van der Waals surface area contributed by atoms with Gasteiger partial charge in [0, 0.05) is 45.5 Å². The van der Waals surface area contributed by atoms with Crippen LogP contribution in [0.1, 0.15) is 44.6 Å². The first-order valence-corrected chi connectivity index (χ1v) is 11.3. The molecule has 168 valence electrons. The number of pyridine rings is 1. The highest BCUT2D eigenvalue weighted by atomic mass is 127. The SMILES string of the molecule is CCNC(=NCc1ccnc(N2CCCCC2)c1)N1CCOC(C2CCCO2)C1.I. The largest absolute Gasteiger partial charge is 0.375 e. The van der Waals surface area contributed by atoms with Crippen molar-refractivity contribution in [3.63, 3.8) is 0 Å². The van der Waals surface area contributed by atoms with Crippen molar-refractivity contribution in [3.8, 4) is 0 Å². The molecule has 1 aromatic heterocycles. The number of nitrogens with one attached hydrogen (secondary N) is 1. The van der Waals surface area contributed by atoms with Crippen LogP contribution in [-0.2, 0) is 16.0 Å². The van der Waals surface area contributed by atoms with E-state index in [2.05, 4.69) is 39.2 Å². The second-order valence-corrected chi connectivity index (χ2v) is 8.15. The lowest BCUT2D eigenvalue weighted by molar-refractivity contribution is -0.0817. The molecule has 1 N–H and O–H groups in total. The highest BCUT2D eigenvalue weighted by molar-refractivity contribution is 14.0. The fraction of sp³-hybridized carbons (Fsp3) is 0.727. The van der Waals surface area contributed by atoms with Crippen LogP contribution in [0, 0.1) is 0 Å². The van der Waals surface area contributed by atoms with E-state index in [0.717, 1.165) is 70.6 Å². The number of rotatable bonds is 5. The second-order valence-electron chi connectivity index (χ2n) is 8.15. The Labute approximate surface area is 197 Å². The topological polar surface area (TPSA) is 62.2 Å². The molecule has 1 aromatic rings. The van der Waals surface area contributed by atoms with Gasteiger partial charge in [0.1, 0.15) is 11.9 Å². The van der Waals surface area contributed by atoms with Crippen molar-refractivity contribution in [3.05, 3.63) is 23.9 Å². The summed E-state index contributed by atoms with van der Waals surface area (Å²) in [5.74, 6) is 2.06. The Morgan fingerprint density at radius 3 is 2.73 bits per heavy atom. The van der Waals surface area contributed by atoms with Crippen LogP contribution in [0.4, 0.5) is 5.82 Å². The van der Waals surface area contributed by atoms with Gasteiger partial charge in [0.25, 0.3) is 0 Å². The van der Waals surface area contributed by atoms with Crippen molar-refractivity contribution in [2.24, 2.45) is 4.99 Å². The maximum Gasteiger partial charge on any atom is 0.194 e. The van der Waals surface area contributed by atoms with E-state index < -0.39 is 0 Å². The molecule has 3 aliphatic rings. The summed E-state index contributed by atoms with van der Waals surface area (Å²) in [6.07, 6.45) is 8.38. The minimum atomic E-state index is 0. The third-order valence-corrected chi connectivity index (χ3v) is 6.01. The first-order chi connectivity index (χ1) is 14.3. The number of hydrogen-bond acceptors (Lipinski definition) is 5. The van der Waals surface area contributed by atoms with Crippen LogP contribution in [0.2, 0.25) is 0 Å². The summed E-state index contributed by atoms with van der Waals surface area (Å²) in [7, 11) is 0. The quantitative estimate of drug-likeness (QED) is 0.360. The Balaban J connectivity index is 0.00000256. The van der Waals surface area contributed by atoms with Crippen LogP contribution >= 0.6 is 24.0 Å². The number of halogens is 1. The van der Waals surface area contributed by atoms with Crippen LogP contribution in [0.15, 0.2) is 23.3 Å². The van der Waals surface area contributed by atoms with Crippen molar-refractivity contribution < 1.29 is 9.47 Å². The van der Waals surface area contributed by atoms with E-state index in [1.54, 1.807) is 0 Å². The number of morpholine rings is 1. The molecule has 2 unspecified atom stereocenters. The predicted octanol–water partition coefficient (Wildman–Crippen LogP) is 3.04. The van der Waals surface area contributed by atoms with E-state index in [0.29, 0.717) is 6.54 Å². The summed E-state index contributed by atoms with van der Waals surface area (Å²) in [5, 5.41) is 3.47. The molecule has 0 aromatic carbocycles. The van der Waals surface area contributed by atoms with Crippen molar-refractivity contribution in [1.82, 2.24) is 15.2 Å². The molecular weight excluding hydrogens is 493 g/mol. The molecule has 0 aliphatic carbocycles. The van der Waals surface area contributed by atoms with E-state index in [1.807, 2.05) is 6.20 Å². The fourth-order valence-corrected chi connectivity index (χ4v) is 4.44. The Hall–Kier alpha value is -1.13. The molecule has 2 atom stereocenters. The standard InChI is InChI=1S/C22H35N5O2.HI/c1-2-23-22(27-12-14-29-20(17-27)19-7-6-13-28-19)25-16-18-8-9-24-21(15-18)26-10-4-3-5-11-26;/h8-9,15,19-20H,2-7,10-14,16-17H2,1H3,(H,23,25);1H. The monoisotopic (exact) mass is 529 g/mol. The van der Waals surface area contributed by atoms with E-state index in [9.17, 15) is 0 Å². The molecule has 3 fully saturated rings. The number of aromatic nitrogens is 1. The second kappa shape index (κ2) is 12.0. The zero-order valence-corrected chi connectivity index (χ0v) is 20.4. The third kappa shape index (κ3) is 6.20. The zero-order valence-electron chi connectivity index (χ0n) is 18.1. The van der Waals surface area contributed by atoms with Gasteiger partial charge >= 0.3 is 0 Å². The molecular formula is C22H36IN5O2. The van der Waals surface area contributed by atoms with Gasteiger partial charge in [-0.05, 0) is 56.7 Å². The van der Waals surface area contributed by atoms with Gasteiger partial charge in [0.15, 0.2) is 5.96 Å². The van der Waals surface area contributed by atoms with Crippen molar-refractivity contribution >= 4 is 35.8 Å². The predicted molar refractivity (Wildman–Crippen MR) is 131 cm³/mol. The summed E-state index contributed by atoms with van der Waals surface area (Å²) < 4.78 is 11.9. The average molecular weight is 529 g/mol. The number of guanidine groups is 1. The van der Waals surface area contributed by atoms with Crippen LogP contribution < -0.4 is 10.2 Å². The lowest BCUT2D eigenvalue weighted by Gasteiger charge is -2.37. The van der Waals surface area contributed by atoms with Crippen LogP contribution in [-0.4, -0.2) is 74.0 Å². The molecule has 8 heteroatoms. The number of piperidine rings is 1. The first-order valence-electron chi connectivity index (χ1n) is 11.3. The van der Waals surface area contributed by atoms with Gasteiger partial charge in [0.05, 0.1) is 19.3 Å². The van der Waals surface area contributed by atoms with Crippen LogP contribution in [0.25, 0.3) is 0 Å². The smallest absolute Gasteiger partial charge is 0.194 e. The normalized spacial score (nSPS) is 25.2. The number of anilines is 1. The number of aliphatic imine (C=N–C) groups is 1. The lowest BCUT2D eigenvalue weighted by Crippen LogP contribution is -2.53. The molecule has 3 saturated heterocycles. The molecule has 0 amide bonds. The van der Waals surface area contributed by atoms with Crippen LogP contribution in [0.3, 0.4) is 0 Å². The van der Waals surface area contributed by atoms with E-state index in [4.69, 9.17) is 14.5 Å². The summed E-state index contributed by atoms with van der Waals surface area (Å²) in [5.41, 5.74) is 1.21. The van der Waals surface area contributed by atoms with E-state index in [1.165, 1.54) is 24.8 Å². The Kier molecular flexibility index (Phi) is 9.45. The molecule has 4 rings (SSSR count). The molecule has 4 heterocycles. The van der Waals surface area contributed by atoms with Crippen molar-refractivity contribution in [2.75, 3.05) is 50.8 Å². The maximum atomic E-state index is 6.00. The average Bonchev–Trinajstić information content (AvgIpc) is 3.33. The van der Waals surface area contributed by atoms with E-state index >= 15 is 0 Å². The first kappa shape index (κ1) is 23.5. The zero-order chi connectivity index (χ0) is 19.9. The van der Waals surface area contributed by atoms with Crippen molar-refractivity contribution in [1.29, 1.82) is 0 Å². The van der Waals surface area contributed by atoms with Gasteiger partial charge in [-0.2, -0.15) is 0 Å². The van der Waals surface area contributed by atoms with Gasteiger partial charge in [-0.25, -0.2) is 9.98 Å². The van der Waals surface area contributed by atoms with Gasteiger partial charge in [-0.1, -0.05) is 0 Å².